The van der Waals surface area contributed by atoms with E-state index >= 15 is 0 Å². The maximum absolute atomic E-state index is 6.26. The fourth-order valence-corrected chi connectivity index (χ4v) is 3.18. The van der Waals surface area contributed by atoms with Crippen LogP contribution >= 0.6 is 11.6 Å². The standard InChI is InChI=1S/C15H22ClN/c16-14-8-4-3-7-13(14)11-15(12-17)9-5-1-2-6-10-15/h3-4,7-8H,1-2,5-6,9-12,17H2. The molecule has 1 fully saturated rings. The van der Waals surface area contributed by atoms with Gasteiger partial charge in [0, 0.05) is 5.02 Å². The third-order valence-corrected chi connectivity index (χ3v) is 4.49. The SMILES string of the molecule is NCC1(Cc2ccccc2Cl)CCCCCC1. The Labute approximate surface area is 109 Å². The van der Waals surface area contributed by atoms with Crippen molar-refractivity contribution in [2.45, 2.75) is 44.9 Å². The first-order valence-electron chi connectivity index (χ1n) is 6.69. The van der Waals surface area contributed by atoms with Gasteiger partial charge in [0.2, 0.25) is 0 Å². The molecule has 1 aromatic carbocycles. The zero-order chi connectivity index (χ0) is 12.1. The first kappa shape index (κ1) is 12.9. The molecule has 0 aliphatic heterocycles. The lowest BCUT2D eigenvalue weighted by atomic mass is 9.75. The van der Waals surface area contributed by atoms with Crippen molar-refractivity contribution < 1.29 is 0 Å². The maximum Gasteiger partial charge on any atom is 0.0438 e. The Morgan fingerprint density at radius 2 is 1.71 bits per heavy atom. The molecule has 1 aliphatic carbocycles. The molecule has 1 nitrogen and oxygen atoms in total. The molecule has 0 atom stereocenters. The molecule has 2 heteroatoms. The molecule has 0 saturated heterocycles. The minimum Gasteiger partial charge on any atom is -0.330 e. The van der Waals surface area contributed by atoms with Crippen molar-refractivity contribution >= 4 is 11.6 Å². The van der Waals surface area contributed by atoms with Crippen molar-refractivity contribution in [3.8, 4) is 0 Å². The lowest BCUT2D eigenvalue weighted by molar-refractivity contribution is 0.252. The average Bonchev–Trinajstić information content (AvgIpc) is 2.58. The molecule has 94 valence electrons. The van der Waals surface area contributed by atoms with E-state index in [4.69, 9.17) is 17.3 Å². The van der Waals surface area contributed by atoms with Crippen LogP contribution in [0.5, 0.6) is 0 Å². The minimum absolute atomic E-state index is 0.293. The quantitative estimate of drug-likeness (QED) is 0.802. The molecule has 1 saturated carbocycles. The van der Waals surface area contributed by atoms with Gasteiger partial charge >= 0.3 is 0 Å². The van der Waals surface area contributed by atoms with Crippen LogP contribution in [0.2, 0.25) is 5.02 Å². The highest BCUT2D eigenvalue weighted by molar-refractivity contribution is 6.31. The third-order valence-electron chi connectivity index (χ3n) is 4.12. The van der Waals surface area contributed by atoms with E-state index in [-0.39, 0.29) is 0 Å². The average molecular weight is 252 g/mol. The van der Waals surface area contributed by atoms with Crippen molar-refractivity contribution in [1.82, 2.24) is 0 Å². The van der Waals surface area contributed by atoms with Crippen LogP contribution in [-0.2, 0) is 6.42 Å². The van der Waals surface area contributed by atoms with E-state index in [1.807, 2.05) is 12.1 Å². The number of rotatable bonds is 3. The number of benzene rings is 1. The van der Waals surface area contributed by atoms with E-state index in [9.17, 15) is 0 Å². The van der Waals surface area contributed by atoms with E-state index in [0.717, 1.165) is 18.0 Å². The van der Waals surface area contributed by atoms with Crippen molar-refractivity contribution in [2.75, 3.05) is 6.54 Å². The Bertz CT molecular complexity index is 354. The smallest absolute Gasteiger partial charge is 0.0438 e. The molecule has 0 amide bonds. The van der Waals surface area contributed by atoms with Gasteiger partial charge in [0.1, 0.15) is 0 Å². The number of halogens is 1. The van der Waals surface area contributed by atoms with Gasteiger partial charge in [0.25, 0.3) is 0 Å². The van der Waals surface area contributed by atoms with Crippen LogP contribution in [0.4, 0.5) is 0 Å². The zero-order valence-electron chi connectivity index (χ0n) is 10.4. The Balaban J connectivity index is 2.15. The number of hydrogen-bond donors (Lipinski definition) is 1. The molecular formula is C15H22ClN. The predicted octanol–water partition coefficient (Wildman–Crippen LogP) is 4.18. The fraction of sp³-hybridized carbons (Fsp3) is 0.600. The summed E-state index contributed by atoms with van der Waals surface area (Å²) in [6.07, 6.45) is 8.93. The van der Waals surface area contributed by atoms with Gasteiger partial charge in [-0.15, -0.1) is 0 Å². The molecule has 0 radical (unpaired) electrons. The molecular weight excluding hydrogens is 230 g/mol. The Hall–Kier alpha value is -0.530. The normalized spacial score (nSPS) is 19.9. The Kier molecular flexibility index (Phi) is 4.47. The molecule has 1 aromatic rings. The van der Waals surface area contributed by atoms with Crippen LogP contribution < -0.4 is 5.73 Å². The van der Waals surface area contributed by atoms with Gasteiger partial charge in [-0.3, -0.25) is 0 Å². The molecule has 2 N–H and O–H groups in total. The van der Waals surface area contributed by atoms with E-state index < -0.39 is 0 Å². The molecule has 0 heterocycles. The van der Waals surface area contributed by atoms with Gasteiger partial charge in [-0.05, 0) is 42.9 Å². The summed E-state index contributed by atoms with van der Waals surface area (Å²) in [6.45, 7) is 0.790. The van der Waals surface area contributed by atoms with Crippen molar-refractivity contribution in [3.63, 3.8) is 0 Å². The Morgan fingerprint density at radius 1 is 1.06 bits per heavy atom. The second-order valence-corrected chi connectivity index (χ2v) is 5.79. The number of nitrogens with two attached hydrogens (primary N) is 1. The van der Waals surface area contributed by atoms with Gasteiger partial charge in [0.15, 0.2) is 0 Å². The monoisotopic (exact) mass is 251 g/mol. The van der Waals surface area contributed by atoms with Gasteiger partial charge in [-0.1, -0.05) is 55.5 Å². The highest BCUT2D eigenvalue weighted by atomic mass is 35.5. The van der Waals surface area contributed by atoms with Crippen molar-refractivity contribution in [3.05, 3.63) is 34.9 Å². The maximum atomic E-state index is 6.26. The molecule has 0 spiro atoms. The molecule has 1 aliphatic rings. The summed E-state index contributed by atoms with van der Waals surface area (Å²) in [5.74, 6) is 0. The minimum atomic E-state index is 0.293. The lowest BCUT2D eigenvalue weighted by Gasteiger charge is -2.32. The molecule has 0 unspecified atom stereocenters. The summed E-state index contributed by atoms with van der Waals surface area (Å²) < 4.78 is 0. The summed E-state index contributed by atoms with van der Waals surface area (Å²) in [4.78, 5) is 0. The second kappa shape index (κ2) is 5.88. The third kappa shape index (κ3) is 3.23. The van der Waals surface area contributed by atoms with E-state index in [1.165, 1.54) is 44.1 Å². The van der Waals surface area contributed by atoms with Crippen LogP contribution in [0.25, 0.3) is 0 Å². The summed E-state index contributed by atoms with van der Waals surface area (Å²) in [5.41, 5.74) is 7.62. The van der Waals surface area contributed by atoms with Crippen LogP contribution in [0.15, 0.2) is 24.3 Å². The van der Waals surface area contributed by atoms with Crippen LogP contribution in [0, 0.1) is 5.41 Å². The first-order chi connectivity index (χ1) is 8.26. The molecule has 2 rings (SSSR count). The van der Waals surface area contributed by atoms with Crippen LogP contribution in [0.1, 0.15) is 44.1 Å². The zero-order valence-corrected chi connectivity index (χ0v) is 11.2. The number of hydrogen-bond acceptors (Lipinski definition) is 1. The van der Waals surface area contributed by atoms with Gasteiger partial charge in [0.05, 0.1) is 0 Å². The van der Waals surface area contributed by atoms with Crippen molar-refractivity contribution in [2.24, 2.45) is 11.1 Å². The lowest BCUT2D eigenvalue weighted by Crippen LogP contribution is -2.32. The summed E-state index contributed by atoms with van der Waals surface area (Å²) >= 11 is 6.26. The topological polar surface area (TPSA) is 26.0 Å². The molecule has 17 heavy (non-hydrogen) atoms. The highest BCUT2D eigenvalue weighted by Crippen LogP contribution is 2.38. The van der Waals surface area contributed by atoms with Crippen molar-refractivity contribution in [1.29, 1.82) is 0 Å². The predicted molar refractivity (Wildman–Crippen MR) is 74.3 cm³/mol. The summed E-state index contributed by atoms with van der Waals surface area (Å²) in [5, 5.41) is 0.893. The fourth-order valence-electron chi connectivity index (χ4n) is 2.98. The molecule has 0 bridgehead atoms. The first-order valence-corrected chi connectivity index (χ1v) is 7.07. The highest BCUT2D eigenvalue weighted by Gasteiger charge is 2.30. The van der Waals surface area contributed by atoms with Gasteiger partial charge < -0.3 is 5.73 Å². The van der Waals surface area contributed by atoms with Gasteiger partial charge in [-0.2, -0.15) is 0 Å². The van der Waals surface area contributed by atoms with Crippen LogP contribution in [-0.4, -0.2) is 6.54 Å². The van der Waals surface area contributed by atoms with Gasteiger partial charge in [-0.25, -0.2) is 0 Å². The second-order valence-electron chi connectivity index (χ2n) is 5.39. The van der Waals surface area contributed by atoms with E-state index in [2.05, 4.69) is 12.1 Å². The Morgan fingerprint density at radius 3 is 2.29 bits per heavy atom. The largest absolute Gasteiger partial charge is 0.330 e. The summed E-state index contributed by atoms with van der Waals surface area (Å²) in [7, 11) is 0. The summed E-state index contributed by atoms with van der Waals surface area (Å²) in [6, 6.07) is 8.19. The van der Waals surface area contributed by atoms with E-state index in [0.29, 0.717) is 5.41 Å². The van der Waals surface area contributed by atoms with Crippen LogP contribution in [0.3, 0.4) is 0 Å². The van der Waals surface area contributed by atoms with E-state index in [1.54, 1.807) is 0 Å². The molecule has 0 aromatic heterocycles.